The van der Waals surface area contributed by atoms with Crippen molar-refractivity contribution in [3.8, 4) is 5.75 Å². The Bertz CT molecular complexity index is 1150. The number of methoxy groups -OCH3 is 1. The van der Waals surface area contributed by atoms with Gasteiger partial charge in [-0.3, -0.25) is 4.79 Å². The number of benzene rings is 2. The van der Waals surface area contributed by atoms with Gasteiger partial charge in [0.2, 0.25) is 0 Å². The van der Waals surface area contributed by atoms with Crippen LogP contribution in [-0.2, 0) is 7.05 Å². The molecule has 0 aliphatic heterocycles. The molecule has 0 bridgehead atoms. The Kier molecular flexibility index (Phi) is 3.69. The molecule has 0 spiro atoms. The molecule has 6 heteroatoms. The number of ether oxygens (including phenoxy) is 1. The van der Waals surface area contributed by atoms with Gasteiger partial charge in [-0.25, -0.2) is 0 Å². The molecule has 0 atom stereocenters. The highest BCUT2D eigenvalue weighted by molar-refractivity contribution is 7.16. The summed E-state index contributed by atoms with van der Waals surface area (Å²) in [5.74, 6) is 0.606. The van der Waals surface area contributed by atoms with E-state index in [1.54, 1.807) is 13.2 Å². The van der Waals surface area contributed by atoms with Crippen molar-refractivity contribution in [2.24, 2.45) is 12.0 Å². The van der Waals surface area contributed by atoms with Crippen molar-refractivity contribution in [2.45, 2.75) is 6.92 Å². The molecule has 0 fully saturated rings. The zero-order valence-electron chi connectivity index (χ0n) is 14.1. The molecule has 0 aliphatic carbocycles. The molecule has 2 aromatic carbocycles. The van der Waals surface area contributed by atoms with Gasteiger partial charge in [-0.05, 0) is 30.7 Å². The van der Waals surface area contributed by atoms with Crippen molar-refractivity contribution in [3.05, 3.63) is 58.6 Å². The predicted octanol–water partition coefficient (Wildman–Crippen LogP) is 4.04. The van der Waals surface area contributed by atoms with E-state index in [0.29, 0.717) is 10.4 Å². The number of aromatic nitrogens is 1. The smallest absolute Gasteiger partial charge is 0.315 e. The number of hydrogen-bond donors (Lipinski definition) is 0. The third-order valence-corrected chi connectivity index (χ3v) is 5.43. The molecule has 126 valence electrons. The normalized spacial score (nSPS) is 12.2. The lowest BCUT2D eigenvalue weighted by Gasteiger charge is -2.05. The molecule has 0 saturated carbocycles. The summed E-state index contributed by atoms with van der Waals surface area (Å²) < 4.78 is 14.0. The summed E-state index contributed by atoms with van der Waals surface area (Å²) in [6.45, 7) is 2.03. The number of para-hydroxylation sites is 1. The van der Waals surface area contributed by atoms with Gasteiger partial charge in [0, 0.05) is 12.4 Å². The summed E-state index contributed by atoms with van der Waals surface area (Å²) in [7, 11) is 3.52. The SMILES string of the molecule is COc1ccc(C)c2sc(=NC(=O)c3cc4ccccc4o3)n(C)c12. The Labute approximate surface area is 147 Å². The van der Waals surface area contributed by atoms with Crippen LogP contribution in [0.15, 0.2) is 51.9 Å². The van der Waals surface area contributed by atoms with Gasteiger partial charge in [0.05, 0.1) is 11.8 Å². The van der Waals surface area contributed by atoms with Crippen LogP contribution >= 0.6 is 11.3 Å². The van der Waals surface area contributed by atoms with E-state index in [0.717, 1.165) is 26.9 Å². The molecule has 0 aliphatic rings. The highest BCUT2D eigenvalue weighted by Crippen LogP contribution is 2.29. The predicted molar refractivity (Wildman–Crippen MR) is 98.2 cm³/mol. The van der Waals surface area contributed by atoms with Crippen LogP contribution in [0.3, 0.4) is 0 Å². The average Bonchev–Trinajstić information content (AvgIpc) is 3.19. The first-order chi connectivity index (χ1) is 12.1. The molecule has 0 unspecified atom stereocenters. The molecule has 0 radical (unpaired) electrons. The molecule has 0 N–H and O–H groups in total. The van der Waals surface area contributed by atoms with Gasteiger partial charge in [-0.2, -0.15) is 4.99 Å². The van der Waals surface area contributed by atoms with Crippen LogP contribution in [0.25, 0.3) is 21.2 Å². The van der Waals surface area contributed by atoms with Crippen molar-refractivity contribution in [3.63, 3.8) is 0 Å². The Morgan fingerprint density at radius 2 is 2.04 bits per heavy atom. The Morgan fingerprint density at radius 1 is 1.24 bits per heavy atom. The third-order valence-electron chi connectivity index (χ3n) is 4.16. The number of carbonyl (C=O) groups excluding carboxylic acids is 1. The first-order valence-corrected chi connectivity index (χ1v) is 8.61. The van der Waals surface area contributed by atoms with Gasteiger partial charge in [-0.15, -0.1) is 0 Å². The van der Waals surface area contributed by atoms with Crippen LogP contribution in [0, 0.1) is 6.92 Å². The fourth-order valence-electron chi connectivity index (χ4n) is 2.85. The highest BCUT2D eigenvalue weighted by atomic mass is 32.1. The number of aryl methyl sites for hydroxylation is 2. The molecule has 5 nitrogen and oxygen atoms in total. The summed E-state index contributed by atoms with van der Waals surface area (Å²) in [4.78, 5) is 17.4. The van der Waals surface area contributed by atoms with Crippen LogP contribution in [0.5, 0.6) is 5.75 Å². The zero-order valence-corrected chi connectivity index (χ0v) is 14.9. The van der Waals surface area contributed by atoms with Gasteiger partial charge in [0.1, 0.15) is 16.8 Å². The lowest BCUT2D eigenvalue weighted by atomic mass is 10.2. The van der Waals surface area contributed by atoms with E-state index in [-0.39, 0.29) is 5.76 Å². The standard InChI is InChI=1S/C19H16N2O3S/c1-11-8-9-14(23-3)16-17(11)25-19(21(16)2)20-18(22)15-10-12-6-4-5-7-13(12)24-15/h4-10H,1-3H3. The number of hydrogen-bond acceptors (Lipinski definition) is 4. The van der Waals surface area contributed by atoms with Crippen LogP contribution in [0.2, 0.25) is 0 Å². The molecule has 2 heterocycles. The molecule has 4 aromatic rings. The van der Waals surface area contributed by atoms with Crippen molar-refractivity contribution in [1.29, 1.82) is 0 Å². The monoisotopic (exact) mass is 352 g/mol. The molecule has 1 amide bonds. The highest BCUT2D eigenvalue weighted by Gasteiger charge is 2.14. The summed E-state index contributed by atoms with van der Waals surface area (Å²) >= 11 is 1.46. The van der Waals surface area contributed by atoms with Gasteiger partial charge in [0.15, 0.2) is 10.6 Å². The average molecular weight is 352 g/mol. The van der Waals surface area contributed by atoms with Gasteiger partial charge in [-0.1, -0.05) is 35.6 Å². The molecular weight excluding hydrogens is 336 g/mol. The second-order valence-electron chi connectivity index (χ2n) is 5.77. The van der Waals surface area contributed by atoms with E-state index < -0.39 is 5.91 Å². The number of thiazole rings is 1. The maximum absolute atomic E-state index is 12.6. The lowest BCUT2D eigenvalue weighted by Crippen LogP contribution is -2.13. The Hall–Kier alpha value is -2.86. The minimum absolute atomic E-state index is 0.238. The number of nitrogens with zero attached hydrogens (tertiary/aromatic N) is 2. The van der Waals surface area contributed by atoms with E-state index in [1.165, 1.54) is 11.3 Å². The molecule has 2 aromatic heterocycles. The van der Waals surface area contributed by atoms with Crippen LogP contribution in [0.1, 0.15) is 16.1 Å². The summed E-state index contributed by atoms with van der Waals surface area (Å²) in [5, 5.41) is 0.888. The number of fused-ring (bicyclic) bond motifs is 2. The summed E-state index contributed by atoms with van der Waals surface area (Å²) in [6.07, 6.45) is 0. The fourth-order valence-corrected chi connectivity index (χ4v) is 3.95. The number of rotatable bonds is 2. The van der Waals surface area contributed by atoms with Crippen LogP contribution in [-0.4, -0.2) is 17.6 Å². The topological polar surface area (TPSA) is 56.7 Å². The first-order valence-electron chi connectivity index (χ1n) is 7.79. The quantitative estimate of drug-likeness (QED) is 0.547. The lowest BCUT2D eigenvalue weighted by molar-refractivity contribution is 0.0973. The van der Waals surface area contributed by atoms with E-state index in [2.05, 4.69) is 4.99 Å². The van der Waals surface area contributed by atoms with Crippen molar-refractivity contribution in [2.75, 3.05) is 7.11 Å². The Balaban J connectivity index is 1.87. The van der Waals surface area contributed by atoms with Gasteiger partial charge >= 0.3 is 5.91 Å². The second-order valence-corrected chi connectivity index (χ2v) is 6.75. The largest absolute Gasteiger partial charge is 0.495 e. The van der Waals surface area contributed by atoms with Crippen LogP contribution < -0.4 is 9.54 Å². The zero-order chi connectivity index (χ0) is 17.6. The summed E-state index contributed by atoms with van der Waals surface area (Å²) in [5.41, 5.74) is 2.73. The Morgan fingerprint density at radius 3 is 2.80 bits per heavy atom. The minimum atomic E-state index is -0.394. The fraction of sp³-hybridized carbons (Fsp3) is 0.158. The maximum Gasteiger partial charge on any atom is 0.315 e. The third kappa shape index (κ3) is 2.55. The van der Waals surface area contributed by atoms with Gasteiger partial charge in [0.25, 0.3) is 0 Å². The number of furan rings is 1. The second kappa shape index (κ2) is 5.89. The molecular formula is C19H16N2O3S. The van der Waals surface area contributed by atoms with Crippen molar-refractivity contribution >= 4 is 38.4 Å². The van der Waals surface area contributed by atoms with E-state index in [1.807, 2.05) is 54.9 Å². The van der Waals surface area contributed by atoms with Gasteiger partial charge < -0.3 is 13.7 Å². The van der Waals surface area contributed by atoms with Crippen molar-refractivity contribution in [1.82, 2.24) is 4.57 Å². The molecule has 25 heavy (non-hydrogen) atoms. The molecule has 4 rings (SSSR count). The van der Waals surface area contributed by atoms with Crippen LogP contribution in [0.4, 0.5) is 0 Å². The van der Waals surface area contributed by atoms with E-state index in [4.69, 9.17) is 9.15 Å². The first kappa shape index (κ1) is 15.7. The van der Waals surface area contributed by atoms with E-state index in [9.17, 15) is 4.79 Å². The minimum Gasteiger partial charge on any atom is -0.495 e. The maximum atomic E-state index is 12.6. The number of carbonyl (C=O) groups is 1. The van der Waals surface area contributed by atoms with E-state index >= 15 is 0 Å². The molecule has 0 saturated heterocycles. The summed E-state index contributed by atoms with van der Waals surface area (Å²) in [6, 6.07) is 13.2. The van der Waals surface area contributed by atoms with Crippen molar-refractivity contribution < 1.29 is 13.9 Å². The number of amides is 1.